The van der Waals surface area contributed by atoms with E-state index >= 15 is 0 Å². The molecule has 0 saturated carbocycles. The lowest BCUT2D eigenvalue weighted by Crippen LogP contribution is -2.25. The molecule has 0 unspecified atom stereocenters. The van der Waals surface area contributed by atoms with Crippen molar-refractivity contribution in [3.8, 4) is 0 Å². The van der Waals surface area contributed by atoms with Crippen LogP contribution in [-0.2, 0) is 28.5 Å². The molecule has 0 fully saturated rings. The van der Waals surface area contributed by atoms with Crippen LogP contribution in [0.2, 0.25) is 0 Å². The van der Waals surface area contributed by atoms with Crippen LogP contribution >= 0.6 is 0 Å². The predicted molar refractivity (Wildman–Crippen MR) is 81.4 cm³/mol. The Kier molecular flexibility index (Phi) is 5.57. The van der Waals surface area contributed by atoms with Crippen LogP contribution in [0, 0.1) is 0 Å². The van der Waals surface area contributed by atoms with Gasteiger partial charge in [-0.25, -0.2) is 19.6 Å². The zero-order valence-electron chi connectivity index (χ0n) is 13.8. The zero-order chi connectivity index (χ0) is 17.0. The molecule has 2 heterocycles. The number of ether oxygens (including phenoxy) is 4. The summed E-state index contributed by atoms with van der Waals surface area (Å²) in [4.78, 5) is 31.8. The van der Waals surface area contributed by atoms with Crippen molar-refractivity contribution in [3.63, 3.8) is 0 Å². The van der Waals surface area contributed by atoms with Crippen molar-refractivity contribution in [2.45, 2.75) is 58.4 Å². The van der Waals surface area contributed by atoms with Gasteiger partial charge in [-0.2, -0.15) is 0 Å². The smallest absolute Gasteiger partial charge is 0.334 e. The molecule has 23 heavy (non-hydrogen) atoms. The van der Waals surface area contributed by atoms with Crippen LogP contribution < -0.4 is 0 Å². The van der Waals surface area contributed by atoms with Crippen LogP contribution in [0.25, 0.3) is 0 Å². The van der Waals surface area contributed by atoms with E-state index < -0.39 is 24.0 Å². The molecule has 0 amide bonds. The summed E-state index contributed by atoms with van der Waals surface area (Å²) in [6.45, 7) is 7.39. The maximum Gasteiger partial charge on any atom is 0.334 e. The average molecular weight is 326 g/mol. The number of carbonyl (C=O) groups excluding carboxylic acids is 2. The van der Waals surface area contributed by atoms with Gasteiger partial charge in [-0.1, -0.05) is 0 Å². The van der Waals surface area contributed by atoms with Crippen LogP contribution in [0.4, 0.5) is 0 Å². The Balaban J connectivity index is 1.88. The minimum Gasteiger partial charge on any atom is -0.478 e. The number of nitrogens with zero attached hydrogens (tertiary/aromatic N) is 2. The van der Waals surface area contributed by atoms with Gasteiger partial charge in [0, 0.05) is 0 Å². The highest BCUT2D eigenvalue weighted by Gasteiger charge is 2.32. The molecule has 0 aromatic rings. The molecule has 0 radical (unpaired) electrons. The second kappa shape index (κ2) is 7.43. The molecule has 0 saturated heterocycles. The fourth-order valence-corrected chi connectivity index (χ4v) is 2.03. The summed E-state index contributed by atoms with van der Waals surface area (Å²) in [5, 5.41) is 0. The van der Waals surface area contributed by atoms with E-state index in [0.29, 0.717) is 11.8 Å². The van der Waals surface area contributed by atoms with Gasteiger partial charge < -0.3 is 18.9 Å². The maximum absolute atomic E-state index is 11.8. The van der Waals surface area contributed by atoms with Gasteiger partial charge in [-0.15, -0.1) is 0 Å². The highest BCUT2D eigenvalue weighted by molar-refractivity contribution is 6.00. The van der Waals surface area contributed by atoms with Gasteiger partial charge in [0.1, 0.15) is 13.2 Å². The second-order valence-corrected chi connectivity index (χ2v) is 5.85. The first-order valence-electron chi connectivity index (χ1n) is 7.65. The molecule has 2 aliphatic rings. The molecule has 8 heteroatoms. The first kappa shape index (κ1) is 17.2. The molecule has 0 spiro atoms. The van der Waals surface area contributed by atoms with E-state index in [0.717, 1.165) is 0 Å². The minimum atomic E-state index is -0.656. The van der Waals surface area contributed by atoms with Crippen LogP contribution in [-0.4, -0.2) is 61.2 Å². The number of esters is 2. The standard InChI is InChI=1S/C15H22N2O6/c1-8(2)22-14(18)10-6-20-12(16-10)5-13-17-11(7-21-13)15(19)23-9(3)4/h8-11H,5-7H2,1-4H3/t10-,11-/m0/s1. The summed E-state index contributed by atoms with van der Waals surface area (Å²) < 4.78 is 20.9. The summed E-state index contributed by atoms with van der Waals surface area (Å²) in [5.74, 6) is -0.120. The normalized spacial score (nSPS) is 23.2. The Morgan fingerprint density at radius 3 is 1.70 bits per heavy atom. The van der Waals surface area contributed by atoms with Crippen LogP contribution in [0.5, 0.6) is 0 Å². The predicted octanol–water partition coefficient (Wildman–Crippen LogP) is 0.874. The number of hydrogen-bond donors (Lipinski definition) is 0. The Labute approximate surface area is 134 Å². The average Bonchev–Trinajstić information content (AvgIpc) is 3.07. The lowest BCUT2D eigenvalue weighted by molar-refractivity contribution is -0.150. The van der Waals surface area contributed by atoms with Crippen LogP contribution in [0.1, 0.15) is 34.1 Å². The van der Waals surface area contributed by atoms with Gasteiger partial charge in [0.25, 0.3) is 0 Å². The van der Waals surface area contributed by atoms with E-state index in [1.807, 2.05) is 0 Å². The van der Waals surface area contributed by atoms with Gasteiger partial charge in [0.15, 0.2) is 23.9 Å². The molecule has 0 N–H and O–H groups in total. The van der Waals surface area contributed by atoms with Crippen molar-refractivity contribution in [1.82, 2.24) is 0 Å². The Morgan fingerprint density at radius 1 is 0.957 bits per heavy atom. The summed E-state index contributed by atoms with van der Waals surface area (Å²) in [5.41, 5.74) is 0. The molecule has 2 atom stereocenters. The maximum atomic E-state index is 11.8. The third kappa shape index (κ3) is 4.94. The molecule has 2 aliphatic heterocycles. The zero-order valence-corrected chi connectivity index (χ0v) is 13.8. The lowest BCUT2D eigenvalue weighted by Gasteiger charge is -2.09. The summed E-state index contributed by atoms with van der Waals surface area (Å²) in [6, 6.07) is -1.31. The Bertz CT molecular complexity index is 480. The first-order chi connectivity index (χ1) is 10.8. The van der Waals surface area contributed by atoms with Gasteiger partial charge in [-0.05, 0) is 27.7 Å². The second-order valence-electron chi connectivity index (χ2n) is 5.85. The summed E-state index contributed by atoms with van der Waals surface area (Å²) >= 11 is 0. The van der Waals surface area contributed by atoms with E-state index in [1.54, 1.807) is 27.7 Å². The molecule has 128 valence electrons. The van der Waals surface area contributed by atoms with Crippen LogP contribution in [0.15, 0.2) is 9.98 Å². The van der Waals surface area contributed by atoms with Crippen molar-refractivity contribution in [1.29, 1.82) is 0 Å². The Hall–Kier alpha value is -2.12. The minimum absolute atomic E-state index is 0.146. The molecule has 8 nitrogen and oxygen atoms in total. The molecular formula is C15H22N2O6. The molecule has 2 rings (SSSR count). The quantitative estimate of drug-likeness (QED) is 0.672. The first-order valence-corrected chi connectivity index (χ1v) is 7.65. The van der Waals surface area contributed by atoms with Gasteiger partial charge in [-0.3, -0.25) is 0 Å². The topological polar surface area (TPSA) is 95.8 Å². The highest BCUT2D eigenvalue weighted by Crippen LogP contribution is 2.15. The molecule has 0 aliphatic carbocycles. The molecule has 0 aromatic heterocycles. The summed E-state index contributed by atoms with van der Waals surface area (Å²) in [6.07, 6.45) is -0.189. The SMILES string of the molecule is CC(C)OC(=O)[C@@H]1COC(CC2=N[C@H](C(=O)OC(C)C)CO2)=N1. The summed E-state index contributed by atoms with van der Waals surface area (Å²) in [7, 11) is 0. The largest absolute Gasteiger partial charge is 0.478 e. The third-order valence-corrected chi connectivity index (χ3v) is 2.97. The van der Waals surface area contributed by atoms with Crippen LogP contribution in [0.3, 0.4) is 0 Å². The van der Waals surface area contributed by atoms with E-state index in [-0.39, 0.29) is 31.8 Å². The Morgan fingerprint density at radius 2 is 1.35 bits per heavy atom. The van der Waals surface area contributed by atoms with E-state index in [2.05, 4.69) is 9.98 Å². The number of carbonyl (C=O) groups is 2. The number of hydrogen-bond acceptors (Lipinski definition) is 8. The van der Waals surface area contributed by atoms with Crippen molar-refractivity contribution >= 4 is 23.7 Å². The van der Waals surface area contributed by atoms with Crippen molar-refractivity contribution in [3.05, 3.63) is 0 Å². The van der Waals surface area contributed by atoms with Gasteiger partial charge >= 0.3 is 11.9 Å². The van der Waals surface area contributed by atoms with Crippen molar-refractivity contribution in [2.24, 2.45) is 9.98 Å². The molecule has 0 bridgehead atoms. The highest BCUT2D eigenvalue weighted by atomic mass is 16.6. The number of aliphatic imine (C=N–C) groups is 2. The lowest BCUT2D eigenvalue weighted by atomic mass is 10.3. The van der Waals surface area contributed by atoms with E-state index in [4.69, 9.17) is 18.9 Å². The van der Waals surface area contributed by atoms with E-state index in [1.165, 1.54) is 0 Å². The molecule has 0 aromatic carbocycles. The van der Waals surface area contributed by atoms with Crippen molar-refractivity contribution in [2.75, 3.05) is 13.2 Å². The number of rotatable bonds is 6. The fraction of sp³-hybridized carbons (Fsp3) is 0.733. The van der Waals surface area contributed by atoms with Crippen molar-refractivity contribution < 1.29 is 28.5 Å². The monoisotopic (exact) mass is 326 g/mol. The molecular weight excluding hydrogens is 304 g/mol. The third-order valence-electron chi connectivity index (χ3n) is 2.97. The van der Waals surface area contributed by atoms with Gasteiger partial charge in [0.05, 0.1) is 18.6 Å². The van der Waals surface area contributed by atoms with Gasteiger partial charge in [0.2, 0.25) is 0 Å². The fourth-order valence-electron chi connectivity index (χ4n) is 2.03. The van der Waals surface area contributed by atoms with E-state index in [9.17, 15) is 9.59 Å².